The van der Waals surface area contributed by atoms with Crippen LogP contribution in [0.5, 0.6) is 0 Å². The maximum Gasteiger partial charge on any atom is 0.230 e. The predicted octanol–water partition coefficient (Wildman–Crippen LogP) is 4.29. The minimum absolute atomic E-state index is 0.0679. The van der Waals surface area contributed by atoms with E-state index < -0.39 is 17.0 Å². The van der Waals surface area contributed by atoms with Crippen LogP contribution in [0.15, 0.2) is 47.4 Å². The summed E-state index contributed by atoms with van der Waals surface area (Å²) in [5.74, 6) is -2.36. The van der Waals surface area contributed by atoms with Gasteiger partial charge in [-0.3, -0.25) is 4.79 Å². The van der Waals surface area contributed by atoms with Gasteiger partial charge >= 0.3 is 0 Å². The highest BCUT2D eigenvalue weighted by Crippen LogP contribution is 2.25. The maximum atomic E-state index is 13.9. The zero-order valence-corrected chi connectivity index (χ0v) is 14.2. The quantitative estimate of drug-likeness (QED) is 0.785. The van der Waals surface area contributed by atoms with Crippen LogP contribution in [-0.2, 0) is 10.2 Å². The van der Waals surface area contributed by atoms with E-state index in [1.807, 2.05) is 13.8 Å². The van der Waals surface area contributed by atoms with E-state index in [1.54, 1.807) is 18.2 Å². The molecule has 2 aromatic rings. The average Bonchev–Trinajstić information content (AvgIpc) is 2.54. The lowest BCUT2D eigenvalue weighted by Crippen LogP contribution is -2.38. The molecule has 2 rings (SSSR count). The van der Waals surface area contributed by atoms with E-state index in [2.05, 4.69) is 5.32 Å². The van der Waals surface area contributed by atoms with Crippen molar-refractivity contribution in [2.24, 2.45) is 0 Å². The third-order valence-electron chi connectivity index (χ3n) is 3.59. The Hall–Kier alpha value is -1.95. The summed E-state index contributed by atoms with van der Waals surface area (Å²) in [6.07, 6.45) is 0. The Balaban J connectivity index is 1.88. The Bertz CT molecular complexity index is 734. The number of amides is 1. The molecule has 0 aliphatic rings. The van der Waals surface area contributed by atoms with Crippen molar-refractivity contribution in [3.8, 4) is 0 Å². The van der Waals surface area contributed by atoms with Gasteiger partial charge in [0, 0.05) is 16.9 Å². The van der Waals surface area contributed by atoms with Crippen molar-refractivity contribution >= 4 is 17.7 Å². The Morgan fingerprint density at radius 3 is 2.42 bits per heavy atom. The Morgan fingerprint density at radius 1 is 1.04 bits per heavy atom. The molecule has 1 N–H and O–H groups in total. The average molecular weight is 353 g/mol. The molecule has 6 heteroatoms. The van der Waals surface area contributed by atoms with Crippen LogP contribution in [-0.4, -0.2) is 18.2 Å². The smallest absolute Gasteiger partial charge is 0.230 e. The third kappa shape index (κ3) is 4.77. The molecular weight excluding hydrogens is 335 g/mol. The summed E-state index contributed by atoms with van der Waals surface area (Å²) in [6.45, 7) is 3.95. The molecule has 0 aliphatic heterocycles. The molecule has 0 aliphatic carbocycles. The van der Waals surface area contributed by atoms with Gasteiger partial charge in [0.2, 0.25) is 5.91 Å². The summed E-state index contributed by atoms with van der Waals surface area (Å²) in [6, 6.07) is 9.94. The SMILES string of the molecule is CC(C)(CNC(=O)CSc1ccc(F)c(F)c1)c1ccccc1F. The summed E-state index contributed by atoms with van der Waals surface area (Å²) in [4.78, 5) is 12.4. The number of hydrogen-bond acceptors (Lipinski definition) is 2. The first-order valence-electron chi connectivity index (χ1n) is 7.39. The molecule has 1 amide bonds. The number of nitrogens with one attached hydrogen (secondary N) is 1. The topological polar surface area (TPSA) is 29.1 Å². The van der Waals surface area contributed by atoms with Crippen molar-refractivity contribution < 1.29 is 18.0 Å². The number of carbonyl (C=O) groups excluding carboxylic acids is 1. The van der Waals surface area contributed by atoms with E-state index >= 15 is 0 Å². The fraction of sp³-hybridized carbons (Fsp3) is 0.278. The Morgan fingerprint density at radius 2 is 1.75 bits per heavy atom. The van der Waals surface area contributed by atoms with Crippen molar-refractivity contribution in [2.45, 2.75) is 24.2 Å². The van der Waals surface area contributed by atoms with E-state index in [0.29, 0.717) is 10.5 Å². The van der Waals surface area contributed by atoms with E-state index in [-0.39, 0.29) is 24.0 Å². The number of halogens is 3. The molecule has 0 fully saturated rings. The molecule has 0 bridgehead atoms. The monoisotopic (exact) mass is 353 g/mol. The summed E-state index contributed by atoms with van der Waals surface area (Å²) < 4.78 is 39.8. The summed E-state index contributed by atoms with van der Waals surface area (Å²) in [5, 5.41) is 2.75. The lowest BCUT2D eigenvalue weighted by molar-refractivity contribution is -0.118. The summed E-state index contributed by atoms with van der Waals surface area (Å²) in [5.41, 5.74) is -0.0354. The van der Waals surface area contributed by atoms with E-state index in [0.717, 1.165) is 23.9 Å². The lowest BCUT2D eigenvalue weighted by Gasteiger charge is -2.26. The molecule has 0 radical (unpaired) electrons. The molecule has 0 saturated carbocycles. The second kappa shape index (κ2) is 7.75. The van der Waals surface area contributed by atoms with Gasteiger partial charge in [-0.1, -0.05) is 32.0 Å². The van der Waals surface area contributed by atoms with Gasteiger partial charge in [0.25, 0.3) is 0 Å². The maximum absolute atomic E-state index is 13.9. The van der Waals surface area contributed by atoms with Crippen LogP contribution >= 0.6 is 11.8 Å². The molecular formula is C18H18F3NOS. The number of thioether (sulfide) groups is 1. The van der Waals surface area contributed by atoms with Crippen molar-refractivity contribution in [2.75, 3.05) is 12.3 Å². The van der Waals surface area contributed by atoms with Gasteiger partial charge in [0.05, 0.1) is 5.75 Å². The van der Waals surface area contributed by atoms with Crippen molar-refractivity contribution in [3.05, 3.63) is 65.5 Å². The minimum atomic E-state index is -0.943. The van der Waals surface area contributed by atoms with E-state index in [4.69, 9.17) is 0 Å². The van der Waals surface area contributed by atoms with E-state index in [1.165, 1.54) is 12.1 Å². The highest BCUT2D eigenvalue weighted by Gasteiger charge is 2.24. The van der Waals surface area contributed by atoms with Crippen LogP contribution in [0.1, 0.15) is 19.4 Å². The van der Waals surface area contributed by atoms with E-state index in [9.17, 15) is 18.0 Å². The second-order valence-corrected chi connectivity index (χ2v) is 7.05. The van der Waals surface area contributed by atoms with Crippen LogP contribution in [0.2, 0.25) is 0 Å². The molecule has 0 unspecified atom stereocenters. The van der Waals surface area contributed by atoms with Gasteiger partial charge in [-0.2, -0.15) is 0 Å². The van der Waals surface area contributed by atoms with Crippen molar-refractivity contribution in [1.29, 1.82) is 0 Å². The Labute approximate surface area is 143 Å². The predicted molar refractivity (Wildman–Crippen MR) is 89.5 cm³/mol. The Kier molecular flexibility index (Phi) is 5.94. The molecule has 0 heterocycles. The van der Waals surface area contributed by atoms with Crippen LogP contribution in [0.4, 0.5) is 13.2 Å². The molecule has 2 nitrogen and oxygen atoms in total. The summed E-state index contributed by atoms with van der Waals surface area (Å²) >= 11 is 1.11. The largest absolute Gasteiger partial charge is 0.355 e. The molecule has 128 valence electrons. The molecule has 0 aromatic heterocycles. The second-order valence-electron chi connectivity index (χ2n) is 6.01. The van der Waals surface area contributed by atoms with Crippen LogP contribution in [0.3, 0.4) is 0 Å². The minimum Gasteiger partial charge on any atom is -0.355 e. The number of carbonyl (C=O) groups is 1. The molecule has 2 aromatic carbocycles. The van der Waals surface area contributed by atoms with Gasteiger partial charge in [-0.15, -0.1) is 11.8 Å². The van der Waals surface area contributed by atoms with Gasteiger partial charge in [-0.05, 0) is 29.8 Å². The molecule has 0 atom stereocenters. The van der Waals surface area contributed by atoms with Crippen LogP contribution in [0.25, 0.3) is 0 Å². The lowest BCUT2D eigenvalue weighted by atomic mass is 9.84. The fourth-order valence-electron chi connectivity index (χ4n) is 2.19. The first kappa shape index (κ1) is 18.4. The zero-order valence-electron chi connectivity index (χ0n) is 13.4. The molecule has 24 heavy (non-hydrogen) atoms. The standard InChI is InChI=1S/C18H18F3NOS/c1-18(2,13-5-3-4-6-14(13)19)11-22-17(23)10-24-12-7-8-15(20)16(21)9-12/h3-9H,10-11H2,1-2H3,(H,22,23). The molecule has 0 saturated heterocycles. The highest BCUT2D eigenvalue weighted by atomic mass is 32.2. The first-order chi connectivity index (χ1) is 11.3. The van der Waals surface area contributed by atoms with Gasteiger partial charge in [-0.25, -0.2) is 13.2 Å². The van der Waals surface area contributed by atoms with Gasteiger partial charge < -0.3 is 5.32 Å². The summed E-state index contributed by atoms with van der Waals surface area (Å²) in [7, 11) is 0. The third-order valence-corrected chi connectivity index (χ3v) is 4.59. The number of hydrogen-bond donors (Lipinski definition) is 1. The van der Waals surface area contributed by atoms with Gasteiger partial charge in [0.15, 0.2) is 11.6 Å². The van der Waals surface area contributed by atoms with Crippen LogP contribution in [0, 0.1) is 17.5 Å². The number of benzene rings is 2. The van der Waals surface area contributed by atoms with Crippen molar-refractivity contribution in [1.82, 2.24) is 5.32 Å². The highest BCUT2D eigenvalue weighted by molar-refractivity contribution is 8.00. The zero-order chi connectivity index (χ0) is 17.7. The molecule has 0 spiro atoms. The number of rotatable bonds is 6. The van der Waals surface area contributed by atoms with Crippen LogP contribution < -0.4 is 5.32 Å². The van der Waals surface area contributed by atoms with Gasteiger partial charge in [0.1, 0.15) is 5.82 Å². The fourth-order valence-corrected chi connectivity index (χ4v) is 2.94. The van der Waals surface area contributed by atoms with Crippen molar-refractivity contribution in [3.63, 3.8) is 0 Å². The normalized spacial score (nSPS) is 11.4. The first-order valence-corrected chi connectivity index (χ1v) is 8.38.